The fraction of sp³-hybridized carbons (Fsp3) is 0.167. The molecule has 0 aromatic heterocycles. The zero-order valence-corrected chi connectivity index (χ0v) is 15.5. The highest BCUT2D eigenvalue weighted by Gasteiger charge is 2.14. The summed E-state index contributed by atoms with van der Waals surface area (Å²) in [6.45, 7) is -6.03. The maximum Gasteiger partial charge on any atom is 0.119 e. The van der Waals surface area contributed by atoms with Crippen LogP contribution in [-0.2, 0) is 0 Å². The van der Waals surface area contributed by atoms with Gasteiger partial charge >= 0.3 is 0 Å². The van der Waals surface area contributed by atoms with Crippen molar-refractivity contribution in [1.82, 2.24) is 0 Å². The van der Waals surface area contributed by atoms with Crippen LogP contribution in [-0.4, -0.2) is 24.1 Å². The molecule has 3 aromatic rings. The highest BCUT2D eigenvalue weighted by molar-refractivity contribution is 6.18. The van der Waals surface area contributed by atoms with Crippen molar-refractivity contribution in [2.45, 2.75) is 6.42 Å². The first kappa shape index (κ1) is 14.5. The van der Waals surface area contributed by atoms with E-state index in [0.29, 0.717) is 12.3 Å². The van der Waals surface area contributed by atoms with E-state index in [1.807, 2.05) is 60.7 Å². The molecular weight excluding hydrogens is 358 g/mol. The molecule has 0 aliphatic carbocycles. The molecule has 0 atom stereocenters. The van der Waals surface area contributed by atoms with Gasteiger partial charge in [0.05, 0.1) is 12.0 Å². The Balaban J connectivity index is 2.09. The second-order valence-electron chi connectivity index (χ2n) is 5.86. The van der Waals surface area contributed by atoms with Gasteiger partial charge in [-0.05, 0) is 46.4 Å². The summed E-state index contributed by atoms with van der Waals surface area (Å²) in [6, 6.07) is 26.6. The second kappa shape index (κ2) is 9.96. The standard InChI is InChI=1S/C24H23ClO2/c25-16-15-23(19-7-3-1-4-8-19)24(20-9-5-2-6-10-20)21-11-13-22(14-12-21)27-18-17-26/h1-14,26H,15-18H2/b24-23-/i17+1D2,18+1D2. The van der Waals surface area contributed by atoms with Gasteiger partial charge in [-0.15, -0.1) is 11.6 Å². The molecule has 0 amide bonds. The van der Waals surface area contributed by atoms with Crippen LogP contribution in [0.15, 0.2) is 84.9 Å². The van der Waals surface area contributed by atoms with Crippen LogP contribution in [0.4, 0.5) is 0 Å². The van der Waals surface area contributed by atoms with E-state index in [9.17, 15) is 5.11 Å². The minimum absolute atomic E-state index is 0.109. The van der Waals surface area contributed by atoms with Gasteiger partial charge in [0.2, 0.25) is 0 Å². The number of aliphatic hydroxyl groups is 1. The van der Waals surface area contributed by atoms with E-state index < -0.39 is 13.1 Å². The van der Waals surface area contributed by atoms with Crippen molar-refractivity contribution < 1.29 is 15.3 Å². The normalized spacial score (nSPS) is 15.0. The quantitative estimate of drug-likeness (QED) is 0.309. The van der Waals surface area contributed by atoms with Crippen LogP contribution in [0.2, 0.25) is 0 Å². The predicted octanol–water partition coefficient (Wildman–Crippen LogP) is 5.65. The summed E-state index contributed by atoms with van der Waals surface area (Å²) in [5.41, 5.74) is 5.04. The molecule has 0 heterocycles. The van der Waals surface area contributed by atoms with Crippen molar-refractivity contribution in [2.24, 2.45) is 0 Å². The summed E-state index contributed by atoms with van der Waals surface area (Å²) in [5.74, 6) is 0.561. The van der Waals surface area contributed by atoms with Gasteiger partial charge in [0.1, 0.15) is 12.3 Å². The molecule has 3 aromatic carbocycles. The Hall–Kier alpha value is -2.55. The minimum Gasteiger partial charge on any atom is -0.491 e. The summed E-state index contributed by atoms with van der Waals surface area (Å²) in [5, 5.41) is 9.37. The lowest BCUT2D eigenvalue weighted by molar-refractivity contribution is 0.201. The fourth-order valence-corrected chi connectivity index (χ4v) is 3.23. The number of alkyl halides is 1. The zero-order valence-electron chi connectivity index (χ0n) is 18.7. The van der Waals surface area contributed by atoms with E-state index in [1.54, 1.807) is 24.3 Å². The van der Waals surface area contributed by atoms with Gasteiger partial charge in [-0.1, -0.05) is 72.8 Å². The molecule has 3 rings (SSSR count). The Kier molecular flexibility index (Phi) is 5.35. The van der Waals surface area contributed by atoms with Crippen molar-refractivity contribution in [3.05, 3.63) is 102 Å². The molecule has 0 unspecified atom stereocenters. The monoisotopic (exact) mass is 384 g/mol. The van der Waals surface area contributed by atoms with Crippen molar-refractivity contribution in [3.63, 3.8) is 0 Å². The highest BCUT2D eigenvalue weighted by atomic mass is 35.5. The van der Waals surface area contributed by atoms with Crippen LogP contribution in [0.25, 0.3) is 11.1 Å². The maximum atomic E-state index is 9.37. The van der Waals surface area contributed by atoms with Crippen molar-refractivity contribution in [1.29, 1.82) is 0 Å². The lowest BCUT2D eigenvalue weighted by Crippen LogP contribution is -2.01. The molecule has 0 fully saturated rings. The summed E-state index contributed by atoms with van der Waals surface area (Å²) in [6.07, 6.45) is 0.654. The number of ether oxygens (including phenoxy) is 1. The Bertz CT molecular complexity index is 1010. The third-order valence-electron chi connectivity index (χ3n) is 4.19. The molecule has 138 valence electrons. The van der Waals surface area contributed by atoms with Crippen molar-refractivity contribution in [3.8, 4) is 5.75 Å². The molecule has 0 saturated heterocycles. The molecule has 2 nitrogen and oxygen atoms in total. The molecule has 0 aliphatic heterocycles. The molecule has 0 spiro atoms. The second-order valence-corrected chi connectivity index (χ2v) is 6.24. The van der Waals surface area contributed by atoms with Crippen LogP contribution in [0.1, 0.15) is 28.6 Å². The smallest absolute Gasteiger partial charge is 0.119 e. The average molecular weight is 385 g/mol. The Morgan fingerprint density at radius 3 is 1.93 bits per heavy atom. The summed E-state index contributed by atoms with van der Waals surface area (Å²) in [7, 11) is 0. The molecule has 27 heavy (non-hydrogen) atoms. The van der Waals surface area contributed by atoms with E-state index in [1.165, 1.54) is 0 Å². The molecule has 0 saturated carbocycles. The Morgan fingerprint density at radius 1 is 0.815 bits per heavy atom. The average Bonchev–Trinajstić information content (AvgIpc) is 2.75. The lowest BCUT2D eigenvalue weighted by atomic mass is 9.88. The van der Waals surface area contributed by atoms with E-state index >= 15 is 0 Å². The largest absolute Gasteiger partial charge is 0.491 e. The Labute approximate surface area is 171 Å². The summed E-state index contributed by atoms with van der Waals surface area (Å²) < 4.78 is 34.7. The van der Waals surface area contributed by atoms with Gasteiger partial charge in [-0.25, -0.2) is 0 Å². The minimum atomic E-state index is -3.14. The van der Waals surface area contributed by atoms with Crippen LogP contribution < -0.4 is 4.74 Å². The maximum absolute atomic E-state index is 9.37. The van der Waals surface area contributed by atoms with E-state index in [0.717, 1.165) is 27.8 Å². The highest BCUT2D eigenvalue weighted by Crippen LogP contribution is 2.35. The third-order valence-corrected chi connectivity index (χ3v) is 4.38. The van der Waals surface area contributed by atoms with E-state index in [2.05, 4.69) is 0 Å². The first-order chi connectivity index (χ1) is 14.7. The number of rotatable bonds is 8. The van der Waals surface area contributed by atoms with Crippen LogP contribution >= 0.6 is 11.6 Å². The number of allylic oxidation sites excluding steroid dienone is 1. The van der Waals surface area contributed by atoms with Crippen molar-refractivity contribution >= 4 is 22.7 Å². The zero-order chi connectivity index (χ0) is 22.5. The number of halogens is 1. The fourth-order valence-electron chi connectivity index (χ4n) is 3.04. The molecule has 0 bridgehead atoms. The predicted molar refractivity (Wildman–Crippen MR) is 113 cm³/mol. The summed E-state index contributed by atoms with van der Waals surface area (Å²) >= 11 is 6.15. The first-order valence-electron chi connectivity index (χ1n) is 10.6. The number of hydrogen-bond donors (Lipinski definition) is 1. The molecule has 0 radical (unpaired) electrons. The van der Waals surface area contributed by atoms with Gasteiger partial charge < -0.3 is 9.84 Å². The topological polar surface area (TPSA) is 29.5 Å². The lowest BCUT2D eigenvalue weighted by Gasteiger charge is -2.17. The van der Waals surface area contributed by atoms with Gasteiger partial charge in [0, 0.05) is 5.88 Å². The van der Waals surface area contributed by atoms with Crippen LogP contribution in [0.5, 0.6) is 5.75 Å². The third kappa shape index (κ3) is 5.00. The number of hydrogen-bond acceptors (Lipinski definition) is 2. The van der Waals surface area contributed by atoms with E-state index in [-0.39, 0.29) is 5.75 Å². The van der Waals surface area contributed by atoms with Crippen LogP contribution in [0, 0.1) is 0 Å². The SMILES string of the molecule is [2H][13C]([2H])(O)[13C]([2H])([2H])Oc1ccc(/C(=C(/CCCl)c2ccccc2)c2ccccc2)cc1. The van der Waals surface area contributed by atoms with Gasteiger partial charge in [-0.3, -0.25) is 0 Å². The van der Waals surface area contributed by atoms with Gasteiger partial charge in [0.25, 0.3) is 0 Å². The first-order valence-corrected chi connectivity index (χ1v) is 9.18. The molecular formula is C24H23ClO2. The van der Waals surface area contributed by atoms with Crippen LogP contribution in [0.3, 0.4) is 0 Å². The number of benzene rings is 3. The van der Waals surface area contributed by atoms with Gasteiger partial charge in [-0.2, -0.15) is 0 Å². The molecule has 3 heteroatoms. The molecule has 0 aliphatic rings. The van der Waals surface area contributed by atoms with E-state index in [4.69, 9.17) is 21.8 Å². The summed E-state index contributed by atoms with van der Waals surface area (Å²) in [4.78, 5) is 0. The Morgan fingerprint density at radius 2 is 1.37 bits per heavy atom. The molecule has 1 N–H and O–H groups in total. The van der Waals surface area contributed by atoms with Gasteiger partial charge in [0.15, 0.2) is 0 Å². The van der Waals surface area contributed by atoms with Crippen molar-refractivity contribution in [2.75, 3.05) is 19.0 Å².